The molecule has 0 radical (unpaired) electrons. The van der Waals surface area contributed by atoms with Crippen LogP contribution in [0.5, 0.6) is 0 Å². The summed E-state index contributed by atoms with van der Waals surface area (Å²) in [4.78, 5) is 22.4. The van der Waals surface area contributed by atoms with Gasteiger partial charge < -0.3 is 15.9 Å². The Balaban J connectivity index is 0.000000583. The molecule has 6 nitrogen and oxygen atoms in total. The minimum Gasteiger partial charge on any atom is -0.483 e. The summed E-state index contributed by atoms with van der Waals surface area (Å²) in [7, 11) is 0. The van der Waals surface area contributed by atoms with Crippen molar-refractivity contribution in [3.63, 3.8) is 0 Å². The van der Waals surface area contributed by atoms with E-state index in [0.717, 1.165) is 0 Å². The normalized spacial score (nSPS) is 8.67. The smallest absolute Gasteiger partial charge is 0.340 e. The fourth-order valence-corrected chi connectivity index (χ4v) is 1.24. The first-order valence-electron chi connectivity index (χ1n) is 3.36. The van der Waals surface area contributed by atoms with Crippen LogP contribution < -0.4 is 5.73 Å². The van der Waals surface area contributed by atoms with Crippen LogP contribution >= 0.6 is 23.2 Å². The highest BCUT2D eigenvalue weighted by atomic mass is 35.5. The van der Waals surface area contributed by atoms with E-state index in [1.54, 1.807) is 0 Å². The van der Waals surface area contributed by atoms with Gasteiger partial charge in [0.25, 0.3) is 6.47 Å². The molecule has 0 saturated carbocycles. The van der Waals surface area contributed by atoms with Crippen LogP contribution in [0.2, 0.25) is 10.3 Å². The molecule has 4 N–H and O–H groups in total. The summed E-state index contributed by atoms with van der Waals surface area (Å²) in [5.74, 6) is -1.22. The van der Waals surface area contributed by atoms with E-state index >= 15 is 0 Å². The van der Waals surface area contributed by atoms with Crippen LogP contribution in [0.4, 0.5) is 5.69 Å². The number of nitrogen functional groups attached to an aromatic ring is 1. The Morgan fingerprint density at radius 1 is 1.53 bits per heavy atom. The number of hydrogen-bond acceptors (Lipinski definition) is 4. The third kappa shape index (κ3) is 4.01. The molecule has 1 heterocycles. The molecule has 0 aliphatic heterocycles. The average Bonchev–Trinajstić information content (AvgIpc) is 2.01. The van der Waals surface area contributed by atoms with Gasteiger partial charge in [-0.2, -0.15) is 0 Å². The quantitative estimate of drug-likeness (QED) is 0.514. The molecule has 0 aromatic carbocycles. The van der Waals surface area contributed by atoms with Crippen molar-refractivity contribution in [2.45, 2.75) is 0 Å². The van der Waals surface area contributed by atoms with Gasteiger partial charge in [0.05, 0.1) is 5.69 Å². The van der Waals surface area contributed by atoms with Crippen molar-refractivity contribution in [2.24, 2.45) is 0 Å². The molecule has 82 valence electrons. The van der Waals surface area contributed by atoms with Crippen molar-refractivity contribution in [1.29, 1.82) is 0 Å². The Bertz CT molecular complexity index is 360. The van der Waals surface area contributed by atoms with Crippen LogP contribution in [0.1, 0.15) is 10.4 Å². The SMILES string of the molecule is Nc1cc(Cl)nc(Cl)c1C(=O)O.O=CO. The van der Waals surface area contributed by atoms with E-state index in [1.807, 2.05) is 0 Å². The molecule has 15 heavy (non-hydrogen) atoms. The van der Waals surface area contributed by atoms with Gasteiger partial charge in [-0.25, -0.2) is 9.78 Å². The second kappa shape index (κ2) is 6.05. The van der Waals surface area contributed by atoms with Gasteiger partial charge in [0.15, 0.2) is 0 Å². The molecule has 1 aromatic heterocycles. The number of pyridine rings is 1. The highest BCUT2D eigenvalue weighted by molar-refractivity contribution is 6.35. The lowest BCUT2D eigenvalue weighted by Crippen LogP contribution is -2.04. The van der Waals surface area contributed by atoms with E-state index in [4.69, 9.17) is 43.9 Å². The molecular weight excluding hydrogens is 247 g/mol. The van der Waals surface area contributed by atoms with Crippen molar-refractivity contribution in [2.75, 3.05) is 5.73 Å². The lowest BCUT2D eigenvalue weighted by atomic mass is 10.2. The summed E-state index contributed by atoms with van der Waals surface area (Å²) >= 11 is 10.9. The molecule has 8 heteroatoms. The van der Waals surface area contributed by atoms with Crippen molar-refractivity contribution >= 4 is 41.3 Å². The van der Waals surface area contributed by atoms with Crippen molar-refractivity contribution in [3.05, 3.63) is 21.9 Å². The first-order valence-corrected chi connectivity index (χ1v) is 4.12. The van der Waals surface area contributed by atoms with Gasteiger partial charge in [-0.1, -0.05) is 23.2 Å². The Morgan fingerprint density at radius 3 is 2.33 bits per heavy atom. The van der Waals surface area contributed by atoms with E-state index in [0.29, 0.717) is 0 Å². The molecule has 0 unspecified atom stereocenters. The first-order chi connectivity index (χ1) is 6.93. The molecule has 0 aliphatic rings. The maximum absolute atomic E-state index is 10.5. The number of carboxylic acids is 1. The number of carbonyl (C=O) groups is 2. The van der Waals surface area contributed by atoms with Crippen LogP contribution in [0.15, 0.2) is 6.07 Å². The van der Waals surface area contributed by atoms with Gasteiger partial charge in [0, 0.05) is 0 Å². The summed E-state index contributed by atoms with van der Waals surface area (Å²) < 4.78 is 0. The van der Waals surface area contributed by atoms with Gasteiger partial charge >= 0.3 is 5.97 Å². The summed E-state index contributed by atoms with van der Waals surface area (Å²) in [6.07, 6.45) is 0. The van der Waals surface area contributed by atoms with E-state index in [1.165, 1.54) is 6.07 Å². The number of halogens is 2. The van der Waals surface area contributed by atoms with Crippen LogP contribution in [0, 0.1) is 0 Å². The van der Waals surface area contributed by atoms with Crippen molar-refractivity contribution in [3.8, 4) is 0 Å². The summed E-state index contributed by atoms with van der Waals surface area (Å²) in [5, 5.41) is 15.3. The monoisotopic (exact) mass is 252 g/mol. The number of aromatic carboxylic acids is 1. The lowest BCUT2D eigenvalue weighted by Gasteiger charge is -2.01. The van der Waals surface area contributed by atoms with E-state index in [9.17, 15) is 4.79 Å². The van der Waals surface area contributed by atoms with Gasteiger partial charge in [-0.15, -0.1) is 0 Å². The Kier molecular flexibility index (Phi) is 5.43. The Hall–Kier alpha value is -1.53. The predicted molar refractivity (Wildman–Crippen MR) is 54.3 cm³/mol. The zero-order chi connectivity index (χ0) is 12.0. The Labute approximate surface area is 94.2 Å². The van der Waals surface area contributed by atoms with Crippen LogP contribution in [-0.4, -0.2) is 27.6 Å². The van der Waals surface area contributed by atoms with Crippen LogP contribution in [0.3, 0.4) is 0 Å². The predicted octanol–water partition coefficient (Wildman–Crippen LogP) is 1.37. The average molecular weight is 253 g/mol. The van der Waals surface area contributed by atoms with Gasteiger partial charge in [0.1, 0.15) is 15.9 Å². The van der Waals surface area contributed by atoms with E-state index in [2.05, 4.69) is 4.98 Å². The number of hydrogen-bond donors (Lipinski definition) is 3. The van der Waals surface area contributed by atoms with Crippen molar-refractivity contribution < 1.29 is 19.8 Å². The third-order valence-electron chi connectivity index (χ3n) is 1.19. The van der Waals surface area contributed by atoms with Crippen LogP contribution in [0.25, 0.3) is 0 Å². The number of aromatic nitrogens is 1. The molecule has 0 aliphatic carbocycles. The number of carboxylic acid groups (broad SMARTS) is 2. The van der Waals surface area contributed by atoms with Crippen molar-refractivity contribution in [1.82, 2.24) is 4.98 Å². The minimum absolute atomic E-state index is 0.00694. The highest BCUT2D eigenvalue weighted by Gasteiger charge is 2.14. The zero-order valence-corrected chi connectivity index (χ0v) is 8.66. The molecule has 0 fully saturated rings. The fraction of sp³-hybridized carbons (Fsp3) is 0. The minimum atomic E-state index is -1.22. The molecule has 0 amide bonds. The maximum Gasteiger partial charge on any atom is 0.340 e. The number of anilines is 1. The number of nitrogens with two attached hydrogens (primary N) is 1. The summed E-state index contributed by atoms with van der Waals surface area (Å²) in [6, 6.07) is 1.23. The second-order valence-corrected chi connectivity index (χ2v) is 2.86. The zero-order valence-electron chi connectivity index (χ0n) is 7.15. The van der Waals surface area contributed by atoms with Gasteiger partial charge in [0.2, 0.25) is 0 Å². The van der Waals surface area contributed by atoms with E-state index < -0.39 is 5.97 Å². The van der Waals surface area contributed by atoms with E-state index in [-0.39, 0.29) is 28.0 Å². The molecule has 0 spiro atoms. The maximum atomic E-state index is 10.5. The number of rotatable bonds is 1. The third-order valence-corrected chi connectivity index (χ3v) is 1.66. The topological polar surface area (TPSA) is 114 Å². The van der Waals surface area contributed by atoms with Gasteiger partial charge in [-0.3, -0.25) is 4.79 Å². The highest BCUT2D eigenvalue weighted by Crippen LogP contribution is 2.23. The largest absolute Gasteiger partial charge is 0.483 e. The first kappa shape index (κ1) is 13.5. The lowest BCUT2D eigenvalue weighted by molar-refractivity contribution is -0.122. The standard InChI is InChI=1S/C6H4Cl2N2O2.CH2O2/c7-3-1-2(9)4(6(11)12)5(8)10-3;2-1-3/h1H,(H2,9,10)(H,11,12);1H,(H,2,3). The molecular formula is C7H6Cl2N2O4. The molecule has 1 aromatic rings. The molecule has 1 rings (SSSR count). The molecule has 0 atom stereocenters. The summed E-state index contributed by atoms with van der Waals surface area (Å²) in [6.45, 7) is -0.250. The second-order valence-electron chi connectivity index (χ2n) is 2.11. The van der Waals surface area contributed by atoms with Gasteiger partial charge in [-0.05, 0) is 6.07 Å². The Morgan fingerprint density at radius 2 is 2.00 bits per heavy atom. The molecule has 0 saturated heterocycles. The number of nitrogens with zero attached hydrogens (tertiary/aromatic N) is 1. The molecule has 0 bridgehead atoms. The fourth-order valence-electron chi connectivity index (χ4n) is 0.713. The summed E-state index contributed by atoms with van der Waals surface area (Å²) in [5.41, 5.74) is 5.12. The van der Waals surface area contributed by atoms with Crippen LogP contribution in [-0.2, 0) is 4.79 Å².